The van der Waals surface area contributed by atoms with Crippen LogP contribution < -0.4 is 10.2 Å². The van der Waals surface area contributed by atoms with Crippen molar-refractivity contribution >= 4 is 21.6 Å². The number of piperidine rings is 1. The summed E-state index contributed by atoms with van der Waals surface area (Å²) >= 11 is 3.36. The van der Waals surface area contributed by atoms with E-state index in [0.29, 0.717) is 0 Å². The minimum Gasteiger partial charge on any atom is -0.364 e. The van der Waals surface area contributed by atoms with E-state index in [1.165, 1.54) is 0 Å². The lowest BCUT2D eigenvalue weighted by Crippen LogP contribution is -2.47. The highest BCUT2D eigenvalue weighted by Crippen LogP contribution is 2.37. The molecule has 1 aliphatic rings. The van der Waals surface area contributed by atoms with Crippen LogP contribution in [-0.4, -0.2) is 18.6 Å². The summed E-state index contributed by atoms with van der Waals surface area (Å²) < 4.78 is 80.6. The fourth-order valence-electron chi connectivity index (χ4n) is 3.95. The number of anilines is 1. The Morgan fingerprint density at radius 2 is 1.55 bits per heavy atom. The predicted molar refractivity (Wildman–Crippen MR) is 112 cm³/mol. The number of nitrogens with zero attached hydrogens (tertiary/aromatic N) is 1. The summed E-state index contributed by atoms with van der Waals surface area (Å²) in [6.07, 6.45) is -7.32. The molecule has 2 aromatic carbocycles. The van der Waals surface area contributed by atoms with Crippen molar-refractivity contribution in [3.05, 3.63) is 63.6 Å². The normalized spacial score (nSPS) is 20.0. The van der Waals surface area contributed by atoms with Crippen molar-refractivity contribution < 1.29 is 26.3 Å². The monoisotopic (exact) mass is 508 g/mol. The SMILES string of the molecule is CCC1CC(N(Cc2cc(C(F)(F)F)cc(C(F)(F)F)c2)c2ccc(Br)cc2)CCN1. The van der Waals surface area contributed by atoms with Crippen LogP contribution in [0.2, 0.25) is 0 Å². The molecule has 0 radical (unpaired) electrons. The van der Waals surface area contributed by atoms with E-state index >= 15 is 0 Å². The lowest BCUT2D eigenvalue weighted by Gasteiger charge is -2.39. The Hall–Kier alpha value is -1.74. The fourth-order valence-corrected chi connectivity index (χ4v) is 4.21. The van der Waals surface area contributed by atoms with E-state index in [1.807, 2.05) is 36.1 Å². The van der Waals surface area contributed by atoms with Crippen LogP contribution in [0.3, 0.4) is 0 Å². The number of hydrogen-bond acceptors (Lipinski definition) is 2. The summed E-state index contributed by atoms with van der Waals surface area (Å²) in [6, 6.07) is 9.34. The first kappa shape index (κ1) is 23.9. The molecule has 2 unspecified atom stereocenters. The first-order chi connectivity index (χ1) is 14.5. The number of halogens is 7. The van der Waals surface area contributed by atoms with Crippen LogP contribution in [0.1, 0.15) is 42.9 Å². The molecule has 31 heavy (non-hydrogen) atoms. The maximum atomic E-state index is 13.3. The maximum absolute atomic E-state index is 13.3. The van der Waals surface area contributed by atoms with Crippen molar-refractivity contribution in [1.82, 2.24) is 5.32 Å². The van der Waals surface area contributed by atoms with Crippen molar-refractivity contribution in [2.75, 3.05) is 11.4 Å². The van der Waals surface area contributed by atoms with E-state index in [-0.39, 0.29) is 30.3 Å². The van der Waals surface area contributed by atoms with E-state index in [0.717, 1.165) is 48.1 Å². The van der Waals surface area contributed by atoms with Gasteiger partial charge >= 0.3 is 12.4 Å². The molecule has 0 saturated carbocycles. The molecule has 3 rings (SSSR count). The number of nitrogens with one attached hydrogen (secondary N) is 1. The highest BCUT2D eigenvalue weighted by molar-refractivity contribution is 9.10. The number of alkyl halides is 6. The maximum Gasteiger partial charge on any atom is 0.416 e. The molecule has 0 amide bonds. The van der Waals surface area contributed by atoms with Gasteiger partial charge in [0.2, 0.25) is 0 Å². The largest absolute Gasteiger partial charge is 0.416 e. The molecular formula is C22H23BrF6N2. The van der Waals surface area contributed by atoms with Gasteiger partial charge < -0.3 is 10.2 Å². The van der Waals surface area contributed by atoms with E-state index < -0.39 is 23.5 Å². The Labute approximate surface area is 185 Å². The van der Waals surface area contributed by atoms with Gasteiger partial charge in [0, 0.05) is 28.8 Å². The summed E-state index contributed by atoms with van der Waals surface area (Å²) in [4.78, 5) is 1.92. The number of benzene rings is 2. The second-order valence-corrected chi connectivity index (χ2v) is 8.67. The molecule has 1 N–H and O–H groups in total. The van der Waals surface area contributed by atoms with Crippen LogP contribution in [0.25, 0.3) is 0 Å². The van der Waals surface area contributed by atoms with Crippen molar-refractivity contribution in [3.8, 4) is 0 Å². The van der Waals surface area contributed by atoms with Gasteiger partial charge in [-0.1, -0.05) is 22.9 Å². The van der Waals surface area contributed by atoms with Crippen molar-refractivity contribution in [2.24, 2.45) is 0 Å². The van der Waals surface area contributed by atoms with E-state index in [2.05, 4.69) is 21.2 Å². The van der Waals surface area contributed by atoms with Gasteiger partial charge in [-0.3, -0.25) is 0 Å². The molecule has 0 spiro atoms. The number of hydrogen-bond donors (Lipinski definition) is 1. The molecule has 1 saturated heterocycles. The van der Waals surface area contributed by atoms with Crippen molar-refractivity contribution in [3.63, 3.8) is 0 Å². The Bertz CT molecular complexity index is 847. The molecular weight excluding hydrogens is 486 g/mol. The molecule has 1 fully saturated rings. The van der Waals surface area contributed by atoms with Crippen LogP contribution in [0.4, 0.5) is 32.0 Å². The van der Waals surface area contributed by atoms with Crippen LogP contribution in [0, 0.1) is 0 Å². The van der Waals surface area contributed by atoms with Crippen LogP contribution in [-0.2, 0) is 18.9 Å². The van der Waals surface area contributed by atoms with E-state index in [1.54, 1.807) is 0 Å². The highest BCUT2D eigenvalue weighted by atomic mass is 79.9. The summed E-state index contributed by atoms with van der Waals surface area (Å²) in [7, 11) is 0. The van der Waals surface area contributed by atoms with E-state index in [9.17, 15) is 26.3 Å². The molecule has 9 heteroatoms. The zero-order valence-corrected chi connectivity index (χ0v) is 18.4. The minimum absolute atomic E-state index is 0.00347. The number of rotatable bonds is 5. The minimum atomic E-state index is -4.86. The molecule has 2 nitrogen and oxygen atoms in total. The lowest BCUT2D eigenvalue weighted by molar-refractivity contribution is -0.143. The molecule has 1 heterocycles. The summed E-state index contributed by atoms with van der Waals surface area (Å²) in [6.45, 7) is 2.74. The third kappa shape index (κ3) is 6.16. The van der Waals surface area contributed by atoms with Gasteiger partial charge in [-0.05, 0) is 73.8 Å². The Morgan fingerprint density at radius 1 is 0.968 bits per heavy atom. The second kappa shape index (κ2) is 9.40. The molecule has 0 bridgehead atoms. The molecule has 0 aliphatic carbocycles. The fraction of sp³-hybridized carbons (Fsp3) is 0.455. The van der Waals surface area contributed by atoms with Gasteiger partial charge in [-0.25, -0.2) is 0 Å². The Balaban J connectivity index is 2.01. The smallest absolute Gasteiger partial charge is 0.364 e. The third-order valence-electron chi connectivity index (χ3n) is 5.56. The van der Waals surface area contributed by atoms with Gasteiger partial charge in [0.1, 0.15) is 0 Å². The molecule has 2 aromatic rings. The van der Waals surface area contributed by atoms with Crippen LogP contribution in [0.15, 0.2) is 46.9 Å². The van der Waals surface area contributed by atoms with E-state index in [4.69, 9.17) is 0 Å². The topological polar surface area (TPSA) is 15.3 Å². The van der Waals surface area contributed by atoms with Gasteiger partial charge in [0.25, 0.3) is 0 Å². The molecule has 170 valence electrons. The zero-order valence-electron chi connectivity index (χ0n) is 16.8. The first-order valence-corrected chi connectivity index (χ1v) is 10.8. The third-order valence-corrected chi connectivity index (χ3v) is 6.09. The molecule has 2 atom stereocenters. The lowest BCUT2D eigenvalue weighted by atomic mass is 9.95. The zero-order chi connectivity index (χ0) is 22.8. The highest BCUT2D eigenvalue weighted by Gasteiger charge is 2.37. The quantitative estimate of drug-likeness (QED) is 0.436. The van der Waals surface area contributed by atoms with Gasteiger partial charge in [0.15, 0.2) is 0 Å². The van der Waals surface area contributed by atoms with Crippen LogP contribution in [0.5, 0.6) is 0 Å². The average molecular weight is 509 g/mol. The summed E-state index contributed by atoms with van der Waals surface area (Å²) in [5.74, 6) is 0. The Morgan fingerprint density at radius 3 is 2.06 bits per heavy atom. The average Bonchev–Trinajstić information content (AvgIpc) is 2.71. The Kier molecular flexibility index (Phi) is 7.25. The standard InChI is InChI=1S/C22H23BrF6N2/c1-2-18-12-20(7-8-30-18)31(19-5-3-17(23)4-6-19)13-14-9-15(21(24,25)26)11-16(10-14)22(27,28)29/h3-6,9-11,18,20,30H,2,7-8,12-13H2,1H3. The van der Waals surface area contributed by atoms with Gasteiger partial charge in [-0.15, -0.1) is 0 Å². The second-order valence-electron chi connectivity index (χ2n) is 7.76. The molecule has 0 aromatic heterocycles. The first-order valence-electron chi connectivity index (χ1n) is 10.0. The predicted octanol–water partition coefficient (Wildman–Crippen LogP) is 7.02. The van der Waals surface area contributed by atoms with Gasteiger partial charge in [0.05, 0.1) is 11.1 Å². The summed E-state index contributed by atoms with van der Waals surface area (Å²) in [5.41, 5.74) is -1.83. The summed E-state index contributed by atoms with van der Waals surface area (Å²) in [5, 5.41) is 3.40. The van der Waals surface area contributed by atoms with Crippen molar-refractivity contribution in [2.45, 2.75) is 57.2 Å². The van der Waals surface area contributed by atoms with Crippen LogP contribution >= 0.6 is 15.9 Å². The van der Waals surface area contributed by atoms with Gasteiger partial charge in [-0.2, -0.15) is 26.3 Å². The molecule has 1 aliphatic heterocycles. The van der Waals surface area contributed by atoms with Crippen molar-refractivity contribution in [1.29, 1.82) is 0 Å².